The highest BCUT2D eigenvalue weighted by atomic mass is 31.2. The zero-order valence-corrected chi connectivity index (χ0v) is 32.7. The van der Waals surface area contributed by atoms with E-state index < -0.39 is 32.5 Å². The summed E-state index contributed by atoms with van der Waals surface area (Å²) in [6.45, 7) is 3.46. The molecule has 1 unspecified atom stereocenters. The Hall–Kier alpha value is -2.36. The molecule has 0 radical (unpaired) electrons. The second-order valence-corrected chi connectivity index (χ2v) is 14.3. The summed E-state index contributed by atoms with van der Waals surface area (Å²) in [5.74, 6) is -0.762. The van der Waals surface area contributed by atoms with Crippen molar-refractivity contribution in [3.63, 3.8) is 0 Å². The Morgan fingerprint density at radius 2 is 1.20 bits per heavy atom. The lowest BCUT2D eigenvalue weighted by Crippen LogP contribution is -2.29. The highest BCUT2D eigenvalue weighted by Gasteiger charge is 2.25. The lowest BCUT2D eigenvalue weighted by Gasteiger charge is -2.19. The molecule has 0 aromatic carbocycles. The molecule has 0 fully saturated rings. The number of carbonyl (C=O) groups is 3. The van der Waals surface area contributed by atoms with Crippen LogP contribution in [0, 0.1) is 0 Å². The van der Waals surface area contributed by atoms with E-state index in [0.29, 0.717) is 25.7 Å². The Morgan fingerprint density at radius 1 is 0.647 bits per heavy atom. The van der Waals surface area contributed by atoms with Gasteiger partial charge in [0, 0.05) is 25.8 Å². The fourth-order valence-electron chi connectivity index (χ4n) is 4.99. The maximum absolute atomic E-state index is 12.5. The predicted octanol–water partition coefficient (Wildman–Crippen LogP) is 9.95. The standard InChI is InChI=1S/C40H70NO9P/c1-3-5-7-8-9-10-11-14-18-21-24-28-32-40(44)50-38(36-49-51(45,46)48-34-33-41)35-47-39(43)31-27-23-20-17-15-12-13-16-19-22-26-30-37(42)29-25-6-4-2/h12-13,17,19-20,22,26,30,38H,3-11,14-16,18,21,23-25,27-29,31-36,41H2,1-2H3,(H,45,46)/b13-12-,20-17-,22-19-,30-26+/t38-/m1/s1. The second kappa shape index (κ2) is 36.0. The fourth-order valence-corrected chi connectivity index (χ4v) is 5.76. The number of ether oxygens (including phenoxy) is 2. The molecule has 2 atom stereocenters. The number of phosphoric ester groups is 1. The average Bonchev–Trinajstić information content (AvgIpc) is 3.11. The van der Waals surface area contributed by atoms with Gasteiger partial charge in [0.2, 0.25) is 0 Å². The van der Waals surface area contributed by atoms with Crippen LogP contribution in [0.1, 0.15) is 155 Å². The fraction of sp³-hybridized carbons (Fsp3) is 0.725. The molecule has 0 aliphatic carbocycles. The van der Waals surface area contributed by atoms with Crippen LogP contribution in [0.4, 0.5) is 0 Å². The number of carbonyl (C=O) groups excluding carboxylic acids is 3. The minimum absolute atomic E-state index is 0.0364. The van der Waals surface area contributed by atoms with Crippen molar-refractivity contribution in [2.24, 2.45) is 5.73 Å². The number of hydrogen-bond donors (Lipinski definition) is 2. The predicted molar refractivity (Wildman–Crippen MR) is 206 cm³/mol. The van der Waals surface area contributed by atoms with Crippen molar-refractivity contribution in [3.8, 4) is 0 Å². The Balaban J connectivity index is 4.35. The van der Waals surface area contributed by atoms with Crippen LogP contribution >= 0.6 is 7.82 Å². The third kappa shape index (κ3) is 35.8. The van der Waals surface area contributed by atoms with E-state index in [1.807, 2.05) is 24.3 Å². The van der Waals surface area contributed by atoms with Gasteiger partial charge in [0.25, 0.3) is 0 Å². The summed E-state index contributed by atoms with van der Waals surface area (Å²) in [5, 5.41) is 0. The third-order valence-electron chi connectivity index (χ3n) is 7.94. The molecule has 294 valence electrons. The summed E-state index contributed by atoms with van der Waals surface area (Å²) < 4.78 is 32.6. The maximum atomic E-state index is 12.5. The van der Waals surface area contributed by atoms with Crippen molar-refractivity contribution >= 4 is 25.5 Å². The molecule has 10 nitrogen and oxygen atoms in total. The first-order valence-electron chi connectivity index (χ1n) is 19.6. The van der Waals surface area contributed by atoms with Crippen molar-refractivity contribution < 1.29 is 42.4 Å². The van der Waals surface area contributed by atoms with Crippen molar-refractivity contribution in [3.05, 3.63) is 48.6 Å². The van der Waals surface area contributed by atoms with E-state index in [1.54, 1.807) is 12.2 Å². The minimum atomic E-state index is -4.39. The average molecular weight is 740 g/mol. The summed E-state index contributed by atoms with van der Waals surface area (Å²) >= 11 is 0. The molecule has 3 N–H and O–H groups in total. The van der Waals surface area contributed by atoms with Gasteiger partial charge in [-0.05, 0) is 44.6 Å². The molecule has 11 heteroatoms. The van der Waals surface area contributed by atoms with Crippen molar-refractivity contribution in [1.82, 2.24) is 0 Å². The van der Waals surface area contributed by atoms with Gasteiger partial charge in [0.05, 0.1) is 13.2 Å². The van der Waals surface area contributed by atoms with Gasteiger partial charge in [0.15, 0.2) is 11.9 Å². The molecule has 0 saturated carbocycles. The summed E-state index contributed by atoms with van der Waals surface area (Å²) in [4.78, 5) is 46.4. The van der Waals surface area contributed by atoms with Crippen molar-refractivity contribution in [1.29, 1.82) is 0 Å². The van der Waals surface area contributed by atoms with Gasteiger partial charge in [-0.1, -0.05) is 140 Å². The quantitative estimate of drug-likeness (QED) is 0.0159. The van der Waals surface area contributed by atoms with Crippen LogP contribution in [0.5, 0.6) is 0 Å². The second-order valence-electron chi connectivity index (χ2n) is 12.8. The topological polar surface area (TPSA) is 151 Å². The summed E-state index contributed by atoms with van der Waals surface area (Å²) in [6.07, 6.45) is 35.6. The zero-order chi connectivity index (χ0) is 37.7. The lowest BCUT2D eigenvalue weighted by molar-refractivity contribution is -0.161. The molecular formula is C40H70NO9P. The largest absolute Gasteiger partial charge is 0.472 e. The van der Waals surface area contributed by atoms with E-state index in [-0.39, 0.29) is 38.4 Å². The summed E-state index contributed by atoms with van der Waals surface area (Å²) in [6, 6.07) is 0. The van der Waals surface area contributed by atoms with Crippen LogP contribution in [0.15, 0.2) is 48.6 Å². The number of phosphoric acid groups is 1. The van der Waals surface area contributed by atoms with Gasteiger partial charge in [-0.25, -0.2) is 4.57 Å². The van der Waals surface area contributed by atoms with E-state index in [1.165, 1.54) is 51.4 Å². The Bertz CT molecular complexity index is 1040. The van der Waals surface area contributed by atoms with E-state index in [0.717, 1.165) is 51.4 Å². The van der Waals surface area contributed by atoms with Crippen LogP contribution < -0.4 is 5.73 Å². The molecular weight excluding hydrogens is 669 g/mol. The number of hydrogen-bond acceptors (Lipinski definition) is 9. The highest BCUT2D eigenvalue weighted by molar-refractivity contribution is 7.47. The van der Waals surface area contributed by atoms with Crippen LogP contribution in [0.25, 0.3) is 0 Å². The van der Waals surface area contributed by atoms with Gasteiger partial charge in [-0.2, -0.15) is 0 Å². The van der Waals surface area contributed by atoms with Crippen LogP contribution in [0.2, 0.25) is 0 Å². The van der Waals surface area contributed by atoms with Crippen LogP contribution in [-0.2, 0) is 37.5 Å². The monoisotopic (exact) mass is 739 g/mol. The molecule has 0 spiro atoms. The van der Waals surface area contributed by atoms with Crippen molar-refractivity contribution in [2.75, 3.05) is 26.4 Å². The smallest absolute Gasteiger partial charge is 0.462 e. The van der Waals surface area contributed by atoms with Gasteiger partial charge in [-0.15, -0.1) is 0 Å². The molecule has 0 bridgehead atoms. The molecule has 0 amide bonds. The molecule has 0 aromatic rings. The lowest BCUT2D eigenvalue weighted by atomic mass is 10.0. The zero-order valence-electron chi connectivity index (χ0n) is 31.8. The Kier molecular flexibility index (Phi) is 34.4. The molecule has 0 aliphatic rings. The molecule has 0 heterocycles. The third-order valence-corrected chi connectivity index (χ3v) is 8.93. The van der Waals surface area contributed by atoms with Gasteiger partial charge < -0.3 is 20.1 Å². The first-order chi connectivity index (χ1) is 24.7. The first kappa shape index (κ1) is 48.6. The van der Waals surface area contributed by atoms with Gasteiger partial charge in [0.1, 0.15) is 6.61 Å². The number of ketones is 1. The van der Waals surface area contributed by atoms with Gasteiger partial charge in [-0.3, -0.25) is 23.4 Å². The van der Waals surface area contributed by atoms with E-state index in [9.17, 15) is 23.8 Å². The van der Waals surface area contributed by atoms with E-state index in [2.05, 4.69) is 26.0 Å². The first-order valence-corrected chi connectivity index (χ1v) is 21.1. The highest BCUT2D eigenvalue weighted by Crippen LogP contribution is 2.43. The van der Waals surface area contributed by atoms with Crippen LogP contribution in [-0.4, -0.2) is 55.1 Å². The molecule has 0 rings (SSSR count). The molecule has 51 heavy (non-hydrogen) atoms. The normalized spacial score (nSPS) is 13.8. The van der Waals surface area contributed by atoms with E-state index >= 15 is 0 Å². The minimum Gasteiger partial charge on any atom is -0.462 e. The van der Waals surface area contributed by atoms with Gasteiger partial charge >= 0.3 is 19.8 Å². The molecule has 0 aliphatic heterocycles. The maximum Gasteiger partial charge on any atom is 0.472 e. The SMILES string of the molecule is CCCCCCCCCCCCCCC(=O)O[C@H](COC(=O)CCC/C=C\C/C=C\C/C=C\C=C\C(=O)CCCCC)COP(=O)(O)OCCN. The number of allylic oxidation sites excluding steroid dienone is 8. The van der Waals surface area contributed by atoms with Crippen molar-refractivity contribution in [2.45, 2.75) is 161 Å². The Labute approximate surface area is 309 Å². The summed E-state index contributed by atoms with van der Waals surface area (Å²) in [7, 11) is -4.39. The summed E-state index contributed by atoms with van der Waals surface area (Å²) in [5.41, 5.74) is 5.32. The molecule has 0 aromatic heterocycles. The number of esters is 2. The van der Waals surface area contributed by atoms with E-state index in [4.69, 9.17) is 24.3 Å². The number of unbranched alkanes of at least 4 members (excludes halogenated alkanes) is 14. The molecule has 0 saturated heterocycles. The number of nitrogens with two attached hydrogens (primary N) is 1. The Morgan fingerprint density at radius 3 is 1.84 bits per heavy atom. The number of rotatable bonds is 36. The van der Waals surface area contributed by atoms with Crippen LogP contribution in [0.3, 0.4) is 0 Å².